The van der Waals surface area contributed by atoms with E-state index in [1.807, 2.05) is 38.1 Å². The van der Waals surface area contributed by atoms with E-state index in [4.69, 9.17) is 9.59 Å². The number of nitrogens with one attached hydrogen (secondary N) is 2. The number of aldehydes is 1. The number of nitrogens with two attached hydrogens (primary N) is 2. The highest BCUT2D eigenvalue weighted by Gasteiger charge is 2.12. The largest absolute Gasteiger partial charge is 0.352 e. The highest BCUT2D eigenvalue weighted by atomic mass is 32.2. The summed E-state index contributed by atoms with van der Waals surface area (Å²) in [7, 11) is 4.91. The molecule has 1 amide bonds. The normalized spacial score (nSPS) is 9.63. The number of amides is 1. The van der Waals surface area contributed by atoms with Crippen LogP contribution >= 0.6 is 11.8 Å². The molecule has 0 aliphatic rings. The standard InChI is InChI=1S/C23H31N3OS.C3H4O.2CH5N.CH2O/c1-4-18-12-13-21(25-3)22(16-18)28-14-8-11-23(27)26-20(17-24-2)15-19-9-6-5-7-10-19;1-2-3-4;3*1-2/h5-7,9-10,12-13,16,20,24H,3-4,8,11,14-15,17H2,1-2H3,(H,26,27);2-3H,1H2;2*2H2,1H3;1H2. The molecule has 0 heterocycles. The van der Waals surface area contributed by atoms with Crippen molar-refractivity contribution in [3.8, 4) is 0 Å². The summed E-state index contributed by atoms with van der Waals surface area (Å²) >= 11 is 1.75. The van der Waals surface area contributed by atoms with Crippen LogP contribution in [0.4, 0.5) is 5.69 Å². The molecule has 1 unspecified atom stereocenters. The topological polar surface area (TPSA) is 140 Å². The van der Waals surface area contributed by atoms with Gasteiger partial charge in [0.15, 0.2) is 0 Å². The monoisotopic (exact) mass is 545 g/mol. The number of thioether (sulfide) groups is 1. The highest BCUT2D eigenvalue weighted by molar-refractivity contribution is 7.99. The molecule has 0 aliphatic heterocycles. The first-order valence-corrected chi connectivity index (χ1v) is 13.3. The first-order valence-electron chi connectivity index (χ1n) is 12.3. The Hall–Kier alpha value is -3.11. The van der Waals surface area contributed by atoms with Gasteiger partial charge in [0.25, 0.3) is 0 Å². The van der Waals surface area contributed by atoms with Crippen LogP contribution in [-0.2, 0) is 27.2 Å². The molecule has 0 bridgehead atoms. The van der Waals surface area contributed by atoms with Crippen molar-refractivity contribution in [2.24, 2.45) is 16.5 Å². The molecule has 2 aromatic rings. The summed E-state index contributed by atoms with van der Waals surface area (Å²) in [5, 5.41) is 6.34. The minimum atomic E-state index is 0.102. The molecular weight excluding hydrogens is 498 g/mol. The smallest absolute Gasteiger partial charge is 0.220 e. The van der Waals surface area contributed by atoms with Crippen LogP contribution in [-0.4, -0.2) is 65.2 Å². The minimum Gasteiger partial charge on any atom is -0.352 e. The second-order valence-corrected chi connectivity index (χ2v) is 8.29. The third kappa shape index (κ3) is 20.0. The van der Waals surface area contributed by atoms with Crippen molar-refractivity contribution in [1.82, 2.24) is 10.6 Å². The van der Waals surface area contributed by atoms with Crippen molar-refractivity contribution < 1.29 is 14.4 Å². The van der Waals surface area contributed by atoms with Crippen LogP contribution in [0.1, 0.15) is 30.9 Å². The van der Waals surface area contributed by atoms with Gasteiger partial charge >= 0.3 is 0 Å². The van der Waals surface area contributed by atoms with E-state index in [1.54, 1.807) is 11.8 Å². The lowest BCUT2D eigenvalue weighted by atomic mass is 10.1. The van der Waals surface area contributed by atoms with E-state index in [2.05, 4.69) is 71.6 Å². The maximum Gasteiger partial charge on any atom is 0.220 e. The van der Waals surface area contributed by atoms with Crippen LogP contribution < -0.4 is 22.1 Å². The van der Waals surface area contributed by atoms with Crippen LogP contribution in [0.5, 0.6) is 0 Å². The molecule has 1 atom stereocenters. The van der Waals surface area contributed by atoms with E-state index in [0.29, 0.717) is 12.7 Å². The lowest BCUT2D eigenvalue weighted by Crippen LogP contribution is -2.42. The number of carbonyl (C=O) groups is 3. The Balaban J connectivity index is -0.00000108. The van der Waals surface area contributed by atoms with E-state index in [1.165, 1.54) is 31.3 Å². The van der Waals surface area contributed by atoms with Crippen molar-refractivity contribution in [3.05, 3.63) is 72.3 Å². The third-order valence-corrected chi connectivity index (χ3v) is 5.78. The summed E-state index contributed by atoms with van der Waals surface area (Å²) in [4.78, 5) is 34.7. The zero-order valence-corrected chi connectivity index (χ0v) is 24.3. The molecule has 6 N–H and O–H groups in total. The van der Waals surface area contributed by atoms with Crippen LogP contribution in [0.25, 0.3) is 0 Å². The van der Waals surface area contributed by atoms with Crippen molar-refractivity contribution >= 4 is 43.1 Å². The van der Waals surface area contributed by atoms with Crippen LogP contribution in [0.2, 0.25) is 0 Å². The number of rotatable bonds is 13. The average Bonchev–Trinajstić information content (AvgIpc) is 2.99. The predicted molar refractivity (Wildman–Crippen MR) is 165 cm³/mol. The van der Waals surface area contributed by atoms with Gasteiger partial charge in [0, 0.05) is 23.9 Å². The molecule has 8 nitrogen and oxygen atoms in total. The molecule has 212 valence electrons. The Bertz CT molecular complexity index is 861. The highest BCUT2D eigenvalue weighted by Crippen LogP contribution is 2.31. The summed E-state index contributed by atoms with van der Waals surface area (Å²) in [5.41, 5.74) is 12.4. The van der Waals surface area contributed by atoms with Crippen molar-refractivity contribution in [2.75, 3.05) is 33.4 Å². The van der Waals surface area contributed by atoms with E-state index < -0.39 is 0 Å². The summed E-state index contributed by atoms with van der Waals surface area (Å²) in [6, 6.07) is 16.7. The SMILES string of the molecule is C=CC=O.C=Nc1ccc(CC)cc1SCCCC(=O)NC(CNC)Cc1ccccc1.C=O.CN.CN. The van der Waals surface area contributed by atoms with Gasteiger partial charge in [0.1, 0.15) is 13.1 Å². The molecule has 0 aliphatic carbocycles. The Morgan fingerprint density at radius 3 is 2.18 bits per heavy atom. The molecule has 0 radical (unpaired) electrons. The van der Waals surface area contributed by atoms with Gasteiger partial charge in [-0.3, -0.25) is 14.6 Å². The van der Waals surface area contributed by atoms with Crippen LogP contribution in [0, 0.1) is 0 Å². The van der Waals surface area contributed by atoms with Gasteiger partial charge in [-0.25, -0.2) is 0 Å². The summed E-state index contributed by atoms with van der Waals surface area (Å²) in [5.74, 6) is 1.000. The number of nitrogens with zero attached hydrogens (tertiary/aromatic N) is 1. The molecule has 2 rings (SSSR count). The molecule has 38 heavy (non-hydrogen) atoms. The number of aryl methyl sites for hydroxylation is 1. The number of hydrogen-bond acceptors (Lipinski definition) is 8. The molecule has 0 aromatic heterocycles. The predicted octanol–water partition coefficient (Wildman–Crippen LogP) is 3.74. The number of hydrogen-bond donors (Lipinski definition) is 4. The second kappa shape index (κ2) is 30.1. The molecule has 0 fully saturated rings. The summed E-state index contributed by atoms with van der Waals surface area (Å²) < 4.78 is 0. The number of allylic oxidation sites excluding steroid dienone is 1. The average molecular weight is 546 g/mol. The summed E-state index contributed by atoms with van der Waals surface area (Å²) in [6.45, 7) is 11.7. The fourth-order valence-electron chi connectivity index (χ4n) is 3.06. The Labute approximate surface area is 233 Å². The molecule has 0 saturated carbocycles. The van der Waals surface area contributed by atoms with E-state index >= 15 is 0 Å². The Kier molecular flexibility index (Phi) is 31.2. The number of aliphatic imine (C=N–C) groups is 1. The molecule has 0 saturated heterocycles. The first kappa shape index (κ1) is 39.4. The Morgan fingerprint density at radius 2 is 1.68 bits per heavy atom. The number of carbonyl (C=O) groups excluding carboxylic acids is 3. The first-order chi connectivity index (χ1) is 18.6. The van der Waals surface area contributed by atoms with Gasteiger partial charge in [-0.2, -0.15) is 0 Å². The fraction of sp³-hybridized carbons (Fsp3) is 0.379. The van der Waals surface area contributed by atoms with E-state index in [0.717, 1.165) is 42.1 Å². The molecular formula is C29H47N5O3S. The van der Waals surface area contributed by atoms with Gasteiger partial charge in [-0.05, 0) is 82.2 Å². The lowest BCUT2D eigenvalue weighted by molar-refractivity contribution is -0.121. The van der Waals surface area contributed by atoms with Crippen LogP contribution in [0.3, 0.4) is 0 Å². The maximum atomic E-state index is 12.4. The molecule has 0 spiro atoms. The van der Waals surface area contributed by atoms with Crippen molar-refractivity contribution in [2.45, 2.75) is 43.5 Å². The third-order valence-electron chi connectivity index (χ3n) is 4.65. The van der Waals surface area contributed by atoms with Gasteiger partial charge < -0.3 is 26.9 Å². The number of likely N-dealkylation sites (N-methyl/N-ethyl adjacent to an activating group) is 1. The lowest BCUT2D eigenvalue weighted by Gasteiger charge is -2.18. The summed E-state index contributed by atoms with van der Waals surface area (Å²) in [6.07, 6.45) is 5.04. The van der Waals surface area contributed by atoms with Gasteiger partial charge in [-0.1, -0.05) is 49.9 Å². The zero-order valence-electron chi connectivity index (χ0n) is 23.4. The van der Waals surface area contributed by atoms with E-state index in [-0.39, 0.29) is 11.9 Å². The van der Waals surface area contributed by atoms with E-state index in [9.17, 15) is 4.79 Å². The quantitative estimate of drug-likeness (QED) is 0.0988. The van der Waals surface area contributed by atoms with Gasteiger partial charge in [0.05, 0.1) is 5.69 Å². The van der Waals surface area contributed by atoms with Crippen LogP contribution in [0.15, 0.2) is 71.1 Å². The maximum absolute atomic E-state index is 12.4. The van der Waals surface area contributed by atoms with Crippen molar-refractivity contribution in [1.29, 1.82) is 0 Å². The molecule has 2 aromatic carbocycles. The van der Waals surface area contributed by atoms with Gasteiger partial charge in [-0.15, -0.1) is 11.8 Å². The minimum absolute atomic E-state index is 0.102. The Morgan fingerprint density at radius 1 is 1.08 bits per heavy atom. The second-order valence-electron chi connectivity index (χ2n) is 7.15. The zero-order chi connectivity index (χ0) is 29.6. The number of benzene rings is 2. The van der Waals surface area contributed by atoms with Gasteiger partial charge in [0.2, 0.25) is 5.91 Å². The van der Waals surface area contributed by atoms with Crippen molar-refractivity contribution in [3.63, 3.8) is 0 Å². The molecule has 9 heteroatoms. The fourth-order valence-corrected chi connectivity index (χ4v) is 4.08.